The fraction of sp³-hybridized carbons (Fsp3) is 0.364. The lowest BCUT2D eigenvalue weighted by atomic mass is 10.3. The summed E-state index contributed by atoms with van der Waals surface area (Å²) >= 11 is 5.77. The molecule has 100 valence electrons. The average molecular weight is 291 g/mol. The Morgan fingerprint density at radius 2 is 2.11 bits per heavy atom. The van der Waals surface area contributed by atoms with Crippen molar-refractivity contribution in [3.8, 4) is 0 Å². The van der Waals surface area contributed by atoms with Crippen molar-refractivity contribution in [3.63, 3.8) is 0 Å². The van der Waals surface area contributed by atoms with Gasteiger partial charge in [0.1, 0.15) is 9.84 Å². The van der Waals surface area contributed by atoms with Gasteiger partial charge >= 0.3 is 6.03 Å². The maximum Gasteiger partial charge on any atom is 0.319 e. The first-order valence-electron chi connectivity index (χ1n) is 5.27. The summed E-state index contributed by atoms with van der Waals surface area (Å²) in [6.45, 7) is 1.62. The fourth-order valence-corrected chi connectivity index (χ4v) is 2.63. The third-order valence-electron chi connectivity index (χ3n) is 2.01. The smallest absolute Gasteiger partial charge is 0.319 e. The van der Waals surface area contributed by atoms with E-state index in [1.165, 1.54) is 0 Å². The van der Waals surface area contributed by atoms with Crippen LogP contribution in [0.1, 0.15) is 6.92 Å². The van der Waals surface area contributed by atoms with Crippen molar-refractivity contribution in [1.82, 2.24) is 5.32 Å². The van der Waals surface area contributed by atoms with Gasteiger partial charge in [0.25, 0.3) is 0 Å². The van der Waals surface area contributed by atoms with Gasteiger partial charge in [-0.2, -0.15) is 0 Å². The van der Waals surface area contributed by atoms with E-state index >= 15 is 0 Å². The van der Waals surface area contributed by atoms with E-state index in [1.807, 2.05) is 0 Å². The molecule has 0 aromatic heterocycles. The van der Waals surface area contributed by atoms with Crippen molar-refractivity contribution in [3.05, 3.63) is 29.3 Å². The number of anilines is 1. The van der Waals surface area contributed by atoms with E-state index in [1.54, 1.807) is 31.2 Å². The van der Waals surface area contributed by atoms with Crippen LogP contribution in [0.4, 0.5) is 10.5 Å². The highest BCUT2D eigenvalue weighted by Crippen LogP contribution is 2.14. The molecule has 1 atom stereocenters. The molecule has 0 aliphatic rings. The molecule has 0 radical (unpaired) electrons. The Kier molecular flexibility index (Phi) is 4.98. The summed E-state index contributed by atoms with van der Waals surface area (Å²) in [4.78, 5) is 11.6. The van der Waals surface area contributed by atoms with Crippen LogP contribution in [0.5, 0.6) is 0 Å². The molecule has 0 aliphatic carbocycles. The molecule has 7 heteroatoms. The van der Waals surface area contributed by atoms with Crippen molar-refractivity contribution in [2.24, 2.45) is 0 Å². The Hall–Kier alpha value is -1.27. The molecule has 5 nitrogen and oxygen atoms in total. The number of halogens is 1. The first-order valence-corrected chi connectivity index (χ1v) is 7.71. The quantitative estimate of drug-likeness (QED) is 0.889. The molecule has 2 amide bonds. The second-order valence-corrected chi connectivity index (χ2v) is 6.72. The van der Waals surface area contributed by atoms with Crippen molar-refractivity contribution in [1.29, 1.82) is 0 Å². The number of hydrogen-bond acceptors (Lipinski definition) is 3. The lowest BCUT2D eigenvalue weighted by Gasteiger charge is -2.13. The summed E-state index contributed by atoms with van der Waals surface area (Å²) in [6.07, 6.45) is 1.13. The molecule has 0 saturated heterocycles. The van der Waals surface area contributed by atoms with Crippen LogP contribution in [0.15, 0.2) is 24.3 Å². The lowest BCUT2D eigenvalue weighted by Crippen LogP contribution is -2.39. The standard InChI is InChI=1S/C11H15ClN2O3S/c1-8(7-18(2,16)17)13-11(15)14-10-5-3-4-9(12)6-10/h3-6,8H,7H2,1-2H3,(H2,13,14,15)/t8-/m0/s1. The van der Waals surface area contributed by atoms with Crippen LogP contribution < -0.4 is 10.6 Å². The highest BCUT2D eigenvalue weighted by Gasteiger charge is 2.13. The normalized spacial score (nSPS) is 12.8. The number of sulfone groups is 1. The van der Waals surface area contributed by atoms with Crippen molar-refractivity contribution >= 4 is 33.2 Å². The van der Waals surface area contributed by atoms with Gasteiger partial charge in [0.15, 0.2) is 0 Å². The zero-order valence-electron chi connectivity index (χ0n) is 10.1. The van der Waals surface area contributed by atoms with E-state index in [2.05, 4.69) is 10.6 Å². The molecule has 0 bridgehead atoms. The summed E-state index contributed by atoms with van der Waals surface area (Å²) in [5.41, 5.74) is 0.548. The van der Waals surface area contributed by atoms with E-state index in [-0.39, 0.29) is 5.75 Å². The fourth-order valence-electron chi connectivity index (χ4n) is 1.45. The molecule has 1 aromatic carbocycles. The SMILES string of the molecule is C[C@@H](CS(C)(=O)=O)NC(=O)Nc1cccc(Cl)c1. The number of benzene rings is 1. The minimum Gasteiger partial charge on any atom is -0.334 e. The maximum atomic E-state index is 11.6. The number of hydrogen-bond donors (Lipinski definition) is 2. The molecule has 0 aliphatic heterocycles. The molecule has 0 fully saturated rings. The lowest BCUT2D eigenvalue weighted by molar-refractivity contribution is 0.250. The van der Waals surface area contributed by atoms with Gasteiger partial charge in [-0.25, -0.2) is 13.2 Å². The Labute approximate surface area is 111 Å². The zero-order valence-corrected chi connectivity index (χ0v) is 11.7. The molecule has 2 N–H and O–H groups in total. The van der Waals surface area contributed by atoms with Gasteiger partial charge in [0.2, 0.25) is 0 Å². The Balaban J connectivity index is 2.52. The summed E-state index contributed by atoms with van der Waals surface area (Å²) in [5.74, 6) is -0.101. The Bertz CT molecular complexity index is 531. The molecular weight excluding hydrogens is 276 g/mol. The molecule has 1 rings (SSSR count). The third kappa shape index (κ3) is 5.88. The van der Waals surface area contributed by atoms with Crippen LogP contribution in [0.2, 0.25) is 5.02 Å². The van der Waals surface area contributed by atoms with Gasteiger partial charge in [-0.05, 0) is 25.1 Å². The number of urea groups is 1. The van der Waals surface area contributed by atoms with Gasteiger partial charge < -0.3 is 10.6 Å². The topological polar surface area (TPSA) is 75.3 Å². The Morgan fingerprint density at radius 1 is 1.44 bits per heavy atom. The second-order valence-electron chi connectivity index (χ2n) is 4.10. The largest absolute Gasteiger partial charge is 0.334 e. The van der Waals surface area contributed by atoms with Crippen LogP contribution in [0.25, 0.3) is 0 Å². The van der Waals surface area contributed by atoms with Crippen LogP contribution in [-0.4, -0.2) is 32.5 Å². The highest BCUT2D eigenvalue weighted by atomic mass is 35.5. The second kappa shape index (κ2) is 6.06. The first kappa shape index (κ1) is 14.8. The minimum atomic E-state index is -3.11. The van der Waals surface area contributed by atoms with Crippen LogP contribution in [0.3, 0.4) is 0 Å². The van der Waals surface area contributed by atoms with Crippen molar-refractivity contribution in [2.45, 2.75) is 13.0 Å². The molecule has 0 heterocycles. The molecule has 0 saturated carbocycles. The number of amides is 2. The van der Waals surface area contributed by atoms with Crippen LogP contribution >= 0.6 is 11.6 Å². The minimum absolute atomic E-state index is 0.101. The van der Waals surface area contributed by atoms with E-state index in [0.29, 0.717) is 10.7 Å². The van der Waals surface area contributed by atoms with Gasteiger partial charge in [-0.1, -0.05) is 17.7 Å². The summed E-state index contributed by atoms with van der Waals surface area (Å²) in [5, 5.41) is 5.61. The van der Waals surface area contributed by atoms with Gasteiger partial charge in [-0.15, -0.1) is 0 Å². The van der Waals surface area contributed by atoms with E-state index in [9.17, 15) is 13.2 Å². The van der Waals surface area contributed by atoms with Crippen molar-refractivity contribution in [2.75, 3.05) is 17.3 Å². The molecule has 0 unspecified atom stereocenters. The van der Waals surface area contributed by atoms with Gasteiger partial charge in [0, 0.05) is 23.0 Å². The predicted molar refractivity (Wildman–Crippen MR) is 72.8 cm³/mol. The van der Waals surface area contributed by atoms with E-state index < -0.39 is 21.9 Å². The predicted octanol–water partition coefficient (Wildman–Crippen LogP) is 1.89. The van der Waals surface area contributed by atoms with E-state index in [0.717, 1.165) is 6.26 Å². The van der Waals surface area contributed by atoms with Crippen LogP contribution in [-0.2, 0) is 9.84 Å². The van der Waals surface area contributed by atoms with Gasteiger partial charge in [-0.3, -0.25) is 0 Å². The highest BCUT2D eigenvalue weighted by molar-refractivity contribution is 7.90. The number of carbonyl (C=O) groups is 1. The average Bonchev–Trinajstić information content (AvgIpc) is 2.13. The maximum absolute atomic E-state index is 11.6. The number of carbonyl (C=O) groups excluding carboxylic acids is 1. The molecule has 1 aromatic rings. The first-order chi connectivity index (χ1) is 8.26. The van der Waals surface area contributed by atoms with Crippen LogP contribution in [0, 0.1) is 0 Å². The third-order valence-corrected chi connectivity index (χ3v) is 3.35. The molecular formula is C11H15ClN2O3S. The van der Waals surface area contributed by atoms with Crippen molar-refractivity contribution < 1.29 is 13.2 Å². The summed E-state index contributed by atoms with van der Waals surface area (Å²) < 4.78 is 22.1. The van der Waals surface area contributed by atoms with Gasteiger partial charge in [0.05, 0.1) is 5.75 Å². The number of nitrogens with one attached hydrogen (secondary N) is 2. The number of rotatable bonds is 4. The monoisotopic (exact) mass is 290 g/mol. The Morgan fingerprint density at radius 3 is 2.67 bits per heavy atom. The van der Waals surface area contributed by atoms with E-state index in [4.69, 9.17) is 11.6 Å². The summed E-state index contributed by atoms with van der Waals surface area (Å²) in [7, 11) is -3.11. The molecule has 18 heavy (non-hydrogen) atoms. The zero-order chi connectivity index (χ0) is 13.8. The molecule has 0 spiro atoms. The summed E-state index contributed by atoms with van der Waals surface area (Å²) in [6, 6.07) is 5.76.